The normalized spacial score (nSPS) is 19.2. The summed E-state index contributed by atoms with van der Waals surface area (Å²) in [5.41, 5.74) is 5.51. The summed E-state index contributed by atoms with van der Waals surface area (Å²) in [6.07, 6.45) is 1.77. The highest BCUT2D eigenvalue weighted by Crippen LogP contribution is 2.10. The van der Waals surface area contributed by atoms with Crippen molar-refractivity contribution in [3.63, 3.8) is 0 Å². The zero-order valence-corrected chi connectivity index (χ0v) is 12.8. The van der Waals surface area contributed by atoms with Crippen LogP contribution >= 0.6 is 0 Å². The quantitative estimate of drug-likeness (QED) is 0.645. The minimum absolute atomic E-state index is 0.0359. The first-order chi connectivity index (χ1) is 8.93. The molecule has 3 N–H and O–H groups in total. The number of sulfonamides is 1. The molecule has 0 radical (unpaired) electrons. The maximum Gasteiger partial charge on any atom is 0.214 e. The van der Waals surface area contributed by atoms with E-state index >= 15 is 0 Å². The fraction of sp³-hybridized carbons (Fsp3) is 1.00. The molecule has 1 saturated heterocycles. The van der Waals surface area contributed by atoms with Gasteiger partial charge in [0, 0.05) is 19.1 Å². The molecule has 1 heterocycles. The number of nitrogens with one attached hydrogen (secondary N) is 1. The van der Waals surface area contributed by atoms with Gasteiger partial charge in [-0.2, -0.15) is 0 Å². The molecule has 0 unspecified atom stereocenters. The molecule has 1 aliphatic rings. The van der Waals surface area contributed by atoms with Crippen molar-refractivity contribution in [1.29, 1.82) is 0 Å². The van der Waals surface area contributed by atoms with Crippen molar-refractivity contribution in [2.75, 3.05) is 38.5 Å². The van der Waals surface area contributed by atoms with E-state index < -0.39 is 10.0 Å². The Labute approximate surface area is 116 Å². The van der Waals surface area contributed by atoms with Crippen LogP contribution < -0.4 is 10.5 Å². The van der Waals surface area contributed by atoms with E-state index in [1.54, 1.807) is 0 Å². The molecule has 0 aromatic heterocycles. The molecule has 6 nitrogen and oxygen atoms in total. The Bertz CT molecular complexity index is 338. The fourth-order valence-electron chi connectivity index (χ4n) is 2.16. The van der Waals surface area contributed by atoms with Crippen molar-refractivity contribution < 1.29 is 13.2 Å². The molecule has 1 aliphatic heterocycles. The summed E-state index contributed by atoms with van der Waals surface area (Å²) < 4.78 is 31.8. The summed E-state index contributed by atoms with van der Waals surface area (Å²) in [5, 5.41) is 0. The number of nitrogens with zero attached hydrogens (tertiary/aromatic N) is 1. The van der Waals surface area contributed by atoms with Crippen LogP contribution in [0.4, 0.5) is 0 Å². The van der Waals surface area contributed by atoms with Crippen LogP contribution in [0.25, 0.3) is 0 Å². The van der Waals surface area contributed by atoms with E-state index in [1.807, 2.05) is 13.8 Å². The molecule has 114 valence electrons. The molecule has 0 aromatic rings. The van der Waals surface area contributed by atoms with E-state index in [-0.39, 0.29) is 24.5 Å². The van der Waals surface area contributed by atoms with Gasteiger partial charge in [-0.3, -0.25) is 0 Å². The third kappa shape index (κ3) is 7.22. The molecule has 0 amide bonds. The van der Waals surface area contributed by atoms with E-state index in [4.69, 9.17) is 10.5 Å². The second-order valence-corrected chi connectivity index (χ2v) is 7.13. The summed E-state index contributed by atoms with van der Waals surface area (Å²) in [5.74, 6) is 0.0359. The molecule has 0 spiro atoms. The van der Waals surface area contributed by atoms with Crippen LogP contribution in [0.15, 0.2) is 0 Å². The first-order valence-corrected chi connectivity index (χ1v) is 8.62. The van der Waals surface area contributed by atoms with Crippen LogP contribution in [-0.4, -0.2) is 64.0 Å². The zero-order valence-electron chi connectivity index (χ0n) is 12.0. The number of nitrogens with two attached hydrogens (primary N) is 1. The van der Waals surface area contributed by atoms with Gasteiger partial charge in [0.15, 0.2) is 0 Å². The van der Waals surface area contributed by atoms with E-state index in [1.165, 1.54) is 0 Å². The maximum atomic E-state index is 11.9. The van der Waals surface area contributed by atoms with Crippen LogP contribution in [0.5, 0.6) is 0 Å². The van der Waals surface area contributed by atoms with Crippen molar-refractivity contribution in [2.24, 2.45) is 5.73 Å². The van der Waals surface area contributed by atoms with Gasteiger partial charge in [-0.15, -0.1) is 0 Å². The Kier molecular flexibility index (Phi) is 7.23. The largest absolute Gasteiger partial charge is 0.378 e. The summed E-state index contributed by atoms with van der Waals surface area (Å²) in [6, 6.07) is 0.0538. The van der Waals surface area contributed by atoms with Crippen molar-refractivity contribution in [1.82, 2.24) is 9.62 Å². The smallest absolute Gasteiger partial charge is 0.214 e. The average Bonchev–Trinajstić information content (AvgIpc) is 2.31. The first-order valence-electron chi connectivity index (χ1n) is 6.97. The van der Waals surface area contributed by atoms with Crippen molar-refractivity contribution in [3.8, 4) is 0 Å². The molecule has 19 heavy (non-hydrogen) atoms. The van der Waals surface area contributed by atoms with Gasteiger partial charge in [-0.05, 0) is 39.8 Å². The van der Waals surface area contributed by atoms with Crippen molar-refractivity contribution >= 4 is 10.0 Å². The number of hydrogen-bond acceptors (Lipinski definition) is 5. The molecule has 0 aliphatic carbocycles. The van der Waals surface area contributed by atoms with Crippen LogP contribution in [0.2, 0.25) is 0 Å². The van der Waals surface area contributed by atoms with Crippen LogP contribution in [-0.2, 0) is 14.8 Å². The lowest BCUT2D eigenvalue weighted by Gasteiger charge is -2.31. The molecule has 1 fully saturated rings. The number of hydrogen-bond donors (Lipinski definition) is 2. The van der Waals surface area contributed by atoms with Crippen molar-refractivity contribution in [2.45, 2.75) is 38.8 Å². The molecule has 0 atom stereocenters. The van der Waals surface area contributed by atoms with Crippen molar-refractivity contribution in [3.05, 3.63) is 0 Å². The molecule has 0 bridgehead atoms. The topological polar surface area (TPSA) is 84.7 Å². The summed E-state index contributed by atoms with van der Waals surface area (Å²) >= 11 is 0. The van der Waals surface area contributed by atoms with Gasteiger partial charge >= 0.3 is 0 Å². The van der Waals surface area contributed by atoms with E-state index in [0.717, 1.165) is 32.5 Å². The molecule has 7 heteroatoms. The third-order valence-electron chi connectivity index (χ3n) is 3.18. The lowest BCUT2D eigenvalue weighted by molar-refractivity contribution is 0.0910. The Hall–Kier alpha value is -0.210. The SMILES string of the molecule is CC(C)OCCS(=O)(=O)NC1CCN(CCN)CC1. The average molecular weight is 293 g/mol. The molecule has 0 aromatic carbocycles. The van der Waals surface area contributed by atoms with Gasteiger partial charge in [0.25, 0.3) is 0 Å². The molecular formula is C12H27N3O3S. The van der Waals surface area contributed by atoms with Gasteiger partial charge in [-0.25, -0.2) is 13.1 Å². The van der Waals surface area contributed by atoms with Gasteiger partial charge in [0.2, 0.25) is 10.0 Å². The maximum absolute atomic E-state index is 11.9. The minimum Gasteiger partial charge on any atom is -0.378 e. The summed E-state index contributed by atoms with van der Waals surface area (Å²) in [6.45, 7) is 7.41. The van der Waals surface area contributed by atoms with Crippen LogP contribution in [0.3, 0.4) is 0 Å². The predicted molar refractivity (Wildman–Crippen MR) is 76.5 cm³/mol. The Balaban J connectivity index is 2.27. The zero-order chi connectivity index (χ0) is 14.3. The number of rotatable bonds is 8. The second kappa shape index (κ2) is 8.16. The monoisotopic (exact) mass is 293 g/mol. The summed E-state index contributed by atoms with van der Waals surface area (Å²) in [4.78, 5) is 2.27. The standard InChI is InChI=1S/C12H27N3O3S/c1-11(2)18-9-10-19(16,17)14-12-3-6-15(7-4-12)8-5-13/h11-12,14H,3-10,13H2,1-2H3. The van der Waals surface area contributed by atoms with E-state index in [0.29, 0.717) is 6.54 Å². The highest BCUT2D eigenvalue weighted by molar-refractivity contribution is 7.89. The van der Waals surface area contributed by atoms with Crippen LogP contribution in [0, 0.1) is 0 Å². The third-order valence-corrected chi connectivity index (χ3v) is 4.58. The number of piperidine rings is 1. The minimum atomic E-state index is -3.22. The highest BCUT2D eigenvalue weighted by Gasteiger charge is 2.22. The second-order valence-electron chi connectivity index (χ2n) is 5.26. The highest BCUT2D eigenvalue weighted by atomic mass is 32.2. The number of ether oxygens (including phenoxy) is 1. The van der Waals surface area contributed by atoms with Crippen LogP contribution in [0.1, 0.15) is 26.7 Å². The van der Waals surface area contributed by atoms with Gasteiger partial charge in [0.05, 0.1) is 18.5 Å². The van der Waals surface area contributed by atoms with Gasteiger partial charge in [0.1, 0.15) is 0 Å². The molecule has 0 saturated carbocycles. The summed E-state index contributed by atoms with van der Waals surface area (Å²) in [7, 11) is -3.22. The fourth-order valence-corrected chi connectivity index (χ4v) is 3.34. The van der Waals surface area contributed by atoms with E-state index in [9.17, 15) is 8.42 Å². The lowest BCUT2D eigenvalue weighted by Crippen LogP contribution is -2.46. The van der Waals surface area contributed by atoms with Gasteiger partial charge in [-0.1, -0.05) is 0 Å². The first kappa shape index (κ1) is 16.8. The molecule has 1 rings (SSSR count). The lowest BCUT2D eigenvalue weighted by atomic mass is 10.1. The van der Waals surface area contributed by atoms with E-state index in [2.05, 4.69) is 9.62 Å². The predicted octanol–water partition coefficient (Wildman–Crippen LogP) is -0.246. The Morgan fingerprint density at radius 3 is 2.53 bits per heavy atom. The van der Waals surface area contributed by atoms with Gasteiger partial charge < -0.3 is 15.4 Å². The number of likely N-dealkylation sites (tertiary alicyclic amines) is 1. The Morgan fingerprint density at radius 1 is 1.37 bits per heavy atom. The Morgan fingerprint density at radius 2 is 2.00 bits per heavy atom. The molecular weight excluding hydrogens is 266 g/mol.